The summed E-state index contributed by atoms with van der Waals surface area (Å²) in [6.45, 7) is 0. The van der Waals surface area contributed by atoms with Gasteiger partial charge >= 0.3 is 0 Å². The number of hydrogen-bond donors (Lipinski definition) is 1. The normalized spacial score (nSPS) is 15.7. The lowest BCUT2D eigenvalue weighted by Crippen LogP contribution is -2.00. The van der Waals surface area contributed by atoms with Crippen LogP contribution in [0, 0.1) is 0 Å². The van der Waals surface area contributed by atoms with Crippen LogP contribution in [0.5, 0.6) is 0 Å². The molecule has 0 unspecified atom stereocenters. The molecule has 0 bridgehead atoms. The molecule has 0 spiro atoms. The molecule has 0 radical (unpaired) electrons. The van der Waals surface area contributed by atoms with Gasteiger partial charge in [-0.3, -0.25) is 9.97 Å². The topological polar surface area (TPSA) is 37.8 Å². The first-order valence-corrected chi connectivity index (χ1v) is 4.89. The number of rotatable bonds is 2. The zero-order valence-electron chi connectivity index (χ0n) is 7.77. The highest BCUT2D eigenvalue weighted by Crippen LogP contribution is 2.25. The lowest BCUT2D eigenvalue weighted by atomic mass is 10.2. The van der Waals surface area contributed by atoms with Crippen LogP contribution in [0.3, 0.4) is 0 Å². The second-order valence-electron chi connectivity index (χ2n) is 3.68. The largest absolute Gasteiger partial charge is 0.382 e. The molecular formula is C11H11N3. The molecule has 70 valence electrons. The van der Waals surface area contributed by atoms with Crippen LogP contribution in [-0.4, -0.2) is 16.0 Å². The highest BCUT2D eigenvalue weighted by molar-refractivity contribution is 5.78. The van der Waals surface area contributed by atoms with Crippen LogP contribution in [0.2, 0.25) is 0 Å². The minimum atomic E-state index is 0.684. The van der Waals surface area contributed by atoms with E-state index in [9.17, 15) is 0 Å². The van der Waals surface area contributed by atoms with E-state index >= 15 is 0 Å². The third kappa shape index (κ3) is 1.41. The third-order valence-corrected chi connectivity index (χ3v) is 2.42. The Morgan fingerprint density at radius 3 is 2.64 bits per heavy atom. The second kappa shape index (κ2) is 2.94. The molecule has 0 saturated heterocycles. The maximum atomic E-state index is 4.27. The van der Waals surface area contributed by atoms with Crippen molar-refractivity contribution in [1.82, 2.24) is 9.97 Å². The molecule has 0 amide bonds. The fourth-order valence-electron chi connectivity index (χ4n) is 1.52. The van der Waals surface area contributed by atoms with Gasteiger partial charge < -0.3 is 5.32 Å². The molecule has 14 heavy (non-hydrogen) atoms. The van der Waals surface area contributed by atoms with Gasteiger partial charge in [0.25, 0.3) is 0 Å². The highest BCUT2D eigenvalue weighted by atomic mass is 15.0. The van der Waals surface area contributed by atoms with Gasteiger partial charge in [0, 0.05) is 24.1 Å². The van der Waals surface area contributed by atoms with Crippen LogP contribution >= 0.6 is 0 Å². The summed E-state index contributed by atoms with van der Waals surface area (Å²) < 4.78 is 0. The Kier molecular flexibility index (Phi) is 1.63. The molecular weight excluding hydrogens is 174 g/mol. The van der Waals surface area contributed by atoms with E-state index in [-0.39, 0.29) is 0 Å². The van der Waals surface area contributed by atoms with Gasteiger partial charge in [-0.2, -0.15) is 0 Å². The highest BCUT2D eigenvalue weighted by Gasteiger charge is 2.20. The van der Waals surface area contributed by atoms with Crippen molar-refractivity contribution >= 4 is 16.7 Å². The Hall–Kier alpha value is -1.64. The van der Waals surface area contributed by atoms with Gasteiger partial charge in [-0.1, -0.05) is 0 Å². The van der Waals surface area contributed by atoms with Gasteiger partial charge in [-0.25, -0.2) is 0 Å². The maximum Gasteiger partial charge on any atom is 0.0907 e. The van der Waals surface area contributed by atoms with Crippen LogP contribution in [0.15, 0.2) is 30.6 Å². The molecule has 1 saturated carbocycles. The van der Waals surface area contributed by atoms with Crippen molar-refractivity contribution in [2.24, 2.45) is 0 Å². The van der Waals surface area contributed by atoms with Crippen molar-refractivity contribution in [2.75, 3.05) is 5.32 Å². The Morgan fingerprint density at radius 2 is 1.86 bits per heavy atom. The zero-order valence-corrected chi connectivity index (χ0v) is 7.77. The summed E-state index contributed by atoms with van der Waals surface area (Å²) in [5.41, 5.74) is 3.06. The zero-order chi connectivity index (χ0) is 9.38. The number of benzene rings is 1. The minimum absolute atomic E-state index is 0.684. The lowest BCUT2D eigenvalue weighted by Gasteiger charge is -2.04. The summed E-state index contributed by atoms with van der Waals surface area (Å²) in [4.78, 5) is 8.49. The molecule has 1 aliphatic carbocycles. The molecule has 1 N–H and O–H groups in total. The fraction of sp³-hybridized carbons (Fsp3) is 0.273. The Bertz CT molecular complexity index is 463. The molecule has 3 nitrogen and oxygen atoms in total. The summed E-state index contributed by atoms with van der Waals surface area (Å²) in [6, 6.07) is 6.81. The van der Waals surface area contributed by atoms with E-state index < -0.39 is 0 Å². The van der Waals surface area contributed by atoms with Crippen molar-refractivity contribution < 1.29 is 0 Å². The Morgan fingerprint density at radius 1 is 1.07 bits per heavy atom. The van der Waals surface area contributed by atoms with Crippen LogP contribution in [0.25, 0.3) is 11.0 Å². The fourth-order valence-corrected chi connectivity index (χ4v) is 1.52. The van der Waals surface area contributed by atoms with E-state index in [1.807, 2.05) is 6.07 Å². The van der Waals surface area contributed by atoms with Gasteiger partial charge in [0.15, 0.2) is 0 Å². The Labute approximate surface area is 82.2 Å². The molecule has 1 aliphatic rings. The van der Waals surface area contributed by atoms with Gasteiger partial charge in [0.2, 0.25) is 0 Å². The van der Waals surface area contributed by atoms with E-state index in [1.54, 1.807) is 12.4 Å². The summed E-state index contributed by atoms with van der Waals surface area (Å²) in [6.07, 6.45) is 6.02. The average Bonchev–Trinajstić information content (AvgIpc) is 3.02. The number of nitrogens with zero attached hydrogens (tertiary/aromatic N) is 2. The van der Waals surface area contributed by atoms with Gasteiger partial charge in [-0.05, 0) is 31.0 Å². The maximum absolute atomic E-state index is 4.27. The molecule has 3 rings (SSSR count). The number of aromatic nitrogens is 2. The third-order valence-electron chi connectivity index (χ3n) is 2.42. The SMILES string of the molecule is c1cnc2cc(NC3CC3)ccc2n1. The first kappa shape index (κ1) is 7.74. The summed E-state index contributed by atoms with van der Waals surface area (Å²) >= 11 is 0. The molecule has 1 heterocycles. The molecule has 0 atom stereocenters. The number of hydrogen-bond acceptors (Lipinski definition) is 3. The summed E-state index contributed by atoms with van der Waals surface area (Å²) in [5, 5.41) is 3.44. The first-order chi connectivity index (χ1) is 6.92. The monoisotopic (exact) mass is 185 g/mol. The molecule has 1 aromatic carbocycles. The molecule has 2 aromatic rings. The average molecular weight is 185 g/mol. The predicted octanol–water partition coefficient (Wildman–Crippen LogP) is 2.20. The predicted molar refractivity (Wildman–Crippen MR) is 56.2 cm³/mol. The van der Waals surface area contributed by atoms with Crippen molar-refractivity contribution in [1.29, 1.82) is 0 Å². The molecule has 3 heteroatoms. The number of anilines is 1. The van der Waals surface area contributed by atoms with Crippen molar-refractivity contribution in [3.05, 3.63) is 30.6 Å². The Balaban J connectivity index is 2.01. The number of nitrogens with one attached hydrogen (secondary N) is 1. The van der Waals surface area contributed by atoms with E-state index in [0.717, 1.165) is 16.7 Å². The van der Waals surface area contributed by atoms with E-state index in [1.165, 1.54) is 12.8 Å². The summed E-state index contributed by atoms with van der Waals surface area (Å²) in [5.74, 6) is 0. The van der Waals surface area contributed by atoms with Gasteiger partial charge in [0.1, 0.15) is 0 Å². The first-order valence-electron chi connectivity index (χ1n) is 4.89. The van der Waals surface area contributed by atoms with Crippen LogP contribution < -0.4 is 5.32 Å². The van der Waals surface area contributed by atoms with Crippen LogP contribution in [0.1, 0.15) is 12.8 Å². The standard InChI is InChI=1S/C11H11N3/c1-2-8(1)14-9-3-4-10-11(7-9)13-6-5-12-10/h3-8,14H,1-2H2. The van der Waals surface area contributed by atoms with Crippen LogP contribution in [0.4, 0.5) is 5.69 Å². The van der Waals surface area contributed by atoms with Crippen molar-refractivity contribution in [3.8, 4) is 0 Å². The molecule has 1 fully saturated rings. The smallest absolute Gasteiger partial charge is 0.0907 e. The molecule has 1 aromatic heterocycles. The van der Waals surface area contributed by atoms with E-state index in [2.05, 4.69) is 27.4 Å². The van der Waals surface area contributed by atoms with Crippen molar-refractivity contribution in [2.45, 2.75) is 18.9 Å². The lowest BCUT2D eigenvalue weighted by molar-refractivity contribution is 1.16. The second-order valence-corrected chi connectivity index (χ2v) is 3.68. The van der Waals surface area contributed by atoms with E-state index in [4.69, 9.17) is 0 Å². The minimum Gasteiger partial charge on any atom is -0.382 e. The van der Waals surface area contributed by atoms with Crippen molar-refractivity contribution in [3.63, 3.8) is 0 Å². The van der Waals surface area contributed by atoms with Gasteiger partial charge in [0.05, 0.1) is 11.0 Å². The summed E-state index contributed by atoms with van der Waals surface area (Å²) in [7, 11) is 0. The number of fused-ring (bicyclic) bond motifs is 1. The quantitative estimate of drug-likeness (QED) is 0.779. The van der Waals surface area contributed by atoms with Crippen LogP contribution in [-0.2, 0) is 0 Å². The van der Waals surface area contributed by atoms with Gasteiger partial charge in [-0.15, -0.1) is 0 Å². The molecule has 0 aliphatic heterocycles. The van der Waals surface area contributed by atoms with E-state index in [0.29, 0.717) is 6.04 Å².